The normalized spacial score (nSPS) is 21.5. The molecule has 9 nitrogen and oxygen atoms in total. The van der Waals surface area contributed by atoms with Crippen molar-refractivity contribution in [3.63, 3.8) is 0 Å². The molecule has 0 saturated carbocycles. The molecule has 6 N–H and O–H groups in total. The highest BCUT2D eigenvalue weighted by molar-refractivity contribution is 6.02. The molecule has 9 heteroatoms. The van der Waals surface area contributed by atoms with E-state index in [0.29, 0.717) is 55.5 Å². The van der Waals surface area contributed by atoms with E-state index < -0.39 is 17.4 Å². The number of fused-ring (bicyclic) bond motifs is 8. The maximum Gasteiger partial charge on any atom is 0.161 e. The van der Waals surface area contributed by atoms with Gasteiger partial charge in [0.2, 0.25) is 0 Å². The summed E-state index contributed by atoms with van der Waals surface area (Å²) in [6.45, 7) is 0.353. The summed E-state index contributed by atoms with van der Waals surface area (Å²) in [5.41, 5.74) is 7.80. The van der Waals surface area contributed by atoms with Gasteiger partial charge in [-0.05, 0) is 95.0 Å². The first-order valence-electron chi connectivity index (χ1n) is 18.7. The minimum atomic E-state index is -1.27. The summed E-state index contributed by atoms with van der Waals surface area (Å²) in [7, 11) is 1.52. The quantitative estimate of drug-likeness (QED) is 0.106. The van der Waals surface area contributed by atoms with Crippen LogP contribution in [0.25, 0.3) is 12.2 Å². The Hall–Kier alpha value is -5.80. The topological polar surface area (TPSA) is 148 Å². The number of methoxy groups -OCH3 is 1. The van der Waals surface area contributed by atoms with Crippen LogP contribution in [0, 0.1) is 5.92 Å². The van der Waals surface area contributed by atoms with Gasteiger partial charge in [0.15, 0.2) is 11.5 Å². The molecule has 1 aliphatic heterocycles. The Morgan fingerprint density at radius 2 is 1.63 bits per heavy atom. The molecule has 2 aromatic heterocycles. The number of H-pyrrole nitrogens is 2. The van der Waals surface area contributed by atoms with Crippen LogP contribution in [0.1, 0.15) is 81.8 Å². The van der Waals surface area contributed by atoms with Gasteiger partial charge in [-0.25, -0.2) is 0 Å². The van der Waals surface area contributed by atoms with Gasteiger partial charge in [-0.15, -0.1) is 0 Å². The van der Waals surface area contributed by atoms with E-state index in [0.717, 1.165) is 50.5 Å². The third-order valence-corrected chi connectivity index (χ3v) is 11.4. The summed E-state index contributed by atoms with van der Waals surface area (Å²) in [6, 6.07) is 21.4. The number of aromatic nitrogens is 2. The third-order valence-electron chi connectivity index (χ3n) is 11.4. The Bertz CT molecular complexity index is 2300. The first-order chi connectivity index (χ1) is 26.2. The van der Waals surface area contributed by atoms with Crippen molar-refractivity contribution >= 4 is 29.5 Å². The molecule has 3 heterocycles. The zero-order chi connectivity index (χ0) is 37.4. The highest BCUT2D eigenvalue weighted by Crippen LogP contribution is 2.46. The molecule has 3 aromatic carbocycles. The lowest BCUT2D eigenvalue weighted by Crippen LogP contribution is -2.37. The summed E-state index contributed by atoms with van der Waals surface area (Å²) < 4.78 is 5.53. The maximum atomic E-state index is 14.6. The molecule has 276 valence electrons. The maximum absolute atomic E-state index is 14.6. The molecule has 0 radical (unpaired) electrons. The summed E-state index contributed by atoms with van der Waals surface area (Å²) in [5.74, 6) is -0.00142. The highest BCUT2D eigenvalue weighted by Gasteiger charge is 2.42. The number of Topliss-reactive ketones (excluding diaryl/α,β-unsaturated/α-hetero) is 2. The largest absolute Gasteiger partial charge is 0.507 e. The second-order valence-corrected chi connectivity index (χ2v) is 15.0. The second-order valence-electron chi connectivity index (χ2n) is 15.0. The number of phenolic OH excluding ortho intramolecular Hbond substituents is 2. The Kier molecular flexibility index (Phi) is 9.50. The molecule has 4 bridgehead atoms. The number of aromatic hydroxyl groups is 2. The smallest absolute Gasteiger partial charge is 0.161 e. The Balaban J connectivity index is 1.16. The molecule has 3 unspecified atom stereocenters. The predicted octanol–water partition coefficient (Wildman–Crippen LogP) is 7.41. The monoisotopic (exact) mass is 723 g/mol. The number of ether oxygens (including phenoxy) is 1. The van der Waals surface area contributed by atoms with Crippen LogP contribution < -0.4 is 10.1 Å². The van der Waals surface area contributed by atoms with Gasteiger partial charge in [0.1, 0.15) is 23.1 Å². The summed E-state index contributed by atoms with van der Waals surface area (Å²) in [4.78, 5) is 35.0. The lowest BCUT2D eigenvalue weighted by atomic mass is 9.68. The average molecular weight is 724 g/mol. The van der Waals surface area contributed by atoms with Gasteiger partial charge < -0.3 is 35.3 Å². The van der Waals surface area contributed by atoms with Crippen molar-refractivity contribution in [1.82, 2.24) is 9.97 Å². The number of aromatic amines is 2. The van der Waals surface area contributed by atoms with Crippen LogP contribution in [0.4, 0.5) is 5.82 Å². The van der Waals surface area contributed by atoms with E-state index in [9.17, 15) is 24.9 Å². The molecule has 54 heavy (non-hydrogen) atoms. The molecule has 2 aliphatic carbocycles. The van der Waals surface area contributed by atoms with E-state index in [4.69, 9.17) is 4.74 Å². The van der Waals surface area contributed by atoms with Gasteiger partial charge in [0.25, 0.3) is 0 Å². The van der Waals surface area contributed by atoms with Crippen molar-refractivity contribution in [3.05, 3.63) is 141 Å². The number of rotatable bonds is 3. The number of benzene rings is 3. The second kappa shape index (κ2) is 14.6. The summed E-state index contributed by atoms with van der Waals surface area (Å²) in [5, 5.41) is 37.4. The van der Waals surface area contributed by atoms with E-state index in [1.807, 2.05) is 60.9 Å². The van der Waals surface area contributed by atoms with Crippen molar-refractivity contribution in [2.45, 2.75) is 62.9 Å². The lowest BCUT2D eigenvalue weighted by molar-refractivity contribution is -0.129. The van der Waals surface area contributed by atoms with E-state index in [-0.39, 0.29) is 42.3 Å². The fraction of sp³-hybridized carbons (Fsp3) is 0.289. The van der Waals surface area contributed by atoms with Gasteiger partial charge in [-0.2, -0.15) is 0 Å². The SMILES string of the molecule is COc1cc2cc(c1O)Cc1cccc(c1)Cc1cc[nH]c1NCC1=Cc3[nH]ccc3C(CC3(O)C=Cc4c(O)cccc4CC3)C1C(=O)CC(=O)CC2. The number of hydrogen-bond acceptors (Lipinski definition) is 7. The number of nitrogens with one attached hydrogen (secondary N) is 3. The van der Waals surface area contributed by atoms with Gasteiger partial charge in [0, 0.05) is 66.9 Å². The van der Waals surface area contributed by atoms with Crippen LogP contribution in [0.5, 0.6) is 17.2 Å². The molecule has 0 fully saturated rings. The molecule has 5 aromatic rings. The van der Waals surface area contributed by atoms with Crippen molar-refractivity contribution in [2.75, 3.05) is 19.0 Å². The number of phenols is 2. The minimum Gasteiger partial charge on any atom is -0.507 e. The van der Waals surface area contributed by atoms with E-state index in [1.54, 1.807) is 24.3 Å². The number of ketones is 2. The zero-order valence-electron chi connectivity index (χ0n) is 30.3. The number of hydrogen-bond donors (Lipinski definition) is 6. The zero-order valence-corrected chi connectivity index (χ0v) is 30.3. The number of aryl methyl sites for hydroxylation is 2. The number of carbonyl (C=O) groups excluding carboxylic acids is 2. The van der Waals surface area contributed by atoms with Crippen molar-refractivity contribution < 1.29 is 29.6 Å². The molecule has 8 rings (SSSR count). The van der Waals surface area contributed by atoms with Crippen molar-refractivity contribution in [1.29, 1.82) is 0 Å². The van der Waals surface area contributed by atoms with E-state index >= 15 is 0 Å². The summed E-state index contributed by atoms with van der Waals surface area (Å²) in [6.07, 6.45) is 12.0. The van der Waals surface area contributed by atoms with Gasteiger partial charge in [0.05, 0.1) is 19.1 Å². The van der Waals surface area contributed by atoms with Gasteiger partial charge in [-0.3, -0.25) is 9.59 Å². The molecule has 3 atom stereocenters. The minimum absolute atomic E-state index is 0.0776. The fourth-order valence-electron chi connectivity index (χ4n) is 8.64. The van der Waals surface area contributed by atoms with Crippen LogP contribution in [-0.2, 0) is 35.3 Å². The summed E-state index contributed by atoms with van der Waals surface area (Å²) >= 11 is 0. The molecular formula is C45H45N3O6. The predicted molar refractivity (Wildman–Crippen MR) is 209 cm³/mol. The standard InChI is InChI=1S/C45H45N3O6/c1-54-41-22-29-8-9-34(49)24-40(51)42-33(26-48-44-31(12-16-47-44)19-27-4-2-5-28(18-27)20-32(21-29)43(41)52)23-38-36(13-17-46-38)37(42)25-45(53)14-10-30-6-3-7-39(50)35(30)11-15-45/h2-7,11-13,15-18,21-23,37,42,46-48,50,52-53H,8-10,14,19-20,24-26H2,1H3. The third kappa shape index (κ3) is 7.11. The van der Waals surface area contributed by atoms with E-state index in [1.165, 1.54) is 7.11 Å². The van der Waals surface area contributed by atoms with E-state index in [2.05, 4.69) is 27.4 Å². The Labute approximate surface area is 314 Å². The first kappa shape index (κ1) is 35.2. The number of carbonyl (C=O) groups is 2. The van der Waals surface area contributed by atoms with Gasteiger partial charge in [-0.1, -0.05) is 54.6 Å². The molecule has 0 saturated heterocycles. The van der Waals surface area contributed by atoms with Crippen LogP contribution in [-0.4, -0.2) is 56.1 Å². The molecule has 0 amide bonds. The number of anilines is 1. The van der Waals surface area contributed by atoms with Crippen molar-refractivity contribution in [2.24, 2.45) is 5.92 Å². The van der Waals surface area contributed by atoms with Crippen LogP contribution >= 0.6 is 0 Å². The Morgan fingerprint density at radius 1 is 0.833 bits per heavy atom. The lowest BCUT2D eigenvalue weighted by Gasteiger charge is -2.37. The average Bonchev–Trinajstić information content (AvgIpc) is 3.78. The van der Waals surface area contributed by atoms with Crippen LogP contribution in [0.15, 0.2) is 90.8 Å². The highest BCUT2D eigenvalue weighted by atomic mass is 16.5. The van der Waals surface area contributed by atoms with Crippen LogP contribution in [0.3, 0.4) is 0 Å². The molecule has 0 spiro atoms. The number of aliphatic hydroxyl groups is 1. The first-order valence-corrected chi connectivity index (χ1v) is 18.7. The van der Waals surface area contributed by atoms with Crippen molar-refractivity contribution in [3.8, 4) is 17.2 Å². The van der Waals surface area contributed by atoms with Crippen LogP contribution in [0.2, 0.25) is 0 Å². The Morgan fingerprint density at radius 3 is 2.46 bits per heavy atom. The fourth-order valence-corrected chi connectivity index (χ4v) is 8.64. The molecular weight excluding hydrogens is 679 g/mol. The van der Waals surface area contributed by atoms with Gasteiger partial charge >= 0.3 is 0 Å². The molecule has 3 aliphatic rings.